The van der Waals surface area contributed by atoms with Crippen molar-refractivity contribution in [3.63, 3.8) is 0 Å². The van der Waals surface area contributed by atoms with E-state index in [-0.39, 0.29) is 0 Å². The van der Waals surface area contributed by atoms with Crippen molar-refractivity contribution >= 4 is 70.6 Å². The van der Waals surface area contributed by atoms with Gasteiger partial charge in [-0.2, -0.15) is 0 Å². The van der Waals surface area contributed by atoms with E-state index in [1.807, 2.05) is 0 Å². The molecule has 0 amide bonds. The SMILES string of the molecule is CCCCCC(C)C12SC3(C(C)CCCCC)SC(C(C)CCCCC)(S1)SC(C(C)CCCCC)(S2)S3. The average Bonchev–Trinajstić information content (AvgIpc) is 2.88. The van der Waals surface area contributed by atoms with E-state index in [2.05, 4.69) is 126 Å². The molecule has 4 fully saturated rings. The lowest BCUT2D eigenvalue weighted by atomic mass is 10.0. The van der Waals surface area contributed by atoms with Crippen LogP contribution in [0.15, 0.2) is 0 Å². The first-order chi connectivity index (χ1) is 18.2. The molecule has 0 nitrogen and oxygen atoms in total. The summed E-state index contributed by atoms with van der Waals surface area (Å²) in [6, 6.07) is 0. The van der Waals surface area contributed by atoms with Crippen molar-refractivity contribution in [2.24, 2.45) is 23.7 Å². The van der Waals surface area contributed by atoms with E-state index in [1.165, 1.54) is 103 Å². The van der Waals surface area contributed by atoms with Crippen LogP contribution >= 0.6 is 70.6 Å². The standard InChI is InChI=1S/C32H60S6/c1-9-13-17-21-25(5)29-33-30(26(6)22-18-14-10-2)36-31(34-29,27(7)23-19-15-11-3)38-32(35-29,37-30)28(8)24-20-16-12-4/h25-28H,9-24H2,1-8H3. The van der Waals surface area contributed by atoms with E-state index < -0.39 is 0 Å². The fraction of sp³-hybridized carbons (Fsp3) is 1.00. The first kappa shape index (κ1) is 34.6. The van der Waals surface area contributed by atoms with Crippen LogP contribution in [-0.4, -0.2) is 13.6 Å². The van der Waals surface area contributed by atoms with E-state index in [1.54, 1.807) is 0 Å². The van der Waals surface area contributed by atoms with Crippen LogP contribution in [0.5, 0.6) is 0 Å². The van der Waals surface area contributed by atoms with Crippen molar-refractivity contribution in [2.45, 2.75) is 172 Å². The number of unbranched alkanes of at least 4 members (excludes halogenated alkanes) is 8. The minimum Gasteiger partial charge on any atom is -0.104 e. The molecule has 0 spiro atoms. The summed E-state index contributed by atoms with van der Waals surface area (Å²) in [7, 11) is 0. The molecule has 0 aromatic heterocycles. The Labute approximate surface area is 264 Å². The summed E-state index contributed by atoms with van der Waals surface area (Å²) in [5.74, 6) is 3.07. The Bertz CT molecular complexity index is 546. The van der Waals surface area contributed by atoms with Crippen LogP contribution in [-0.2, 0) is 0 Å². The van der Waals surface area contributed by atoms with Crippen molar-refractivity contribution in [1.82, 2.24) is 0 Å². The van der Waals surface area contributed by atoms with E-state index in [0.717, 1.165) is 23.7 Å². The largest absolute Gasteiger partial charge is 0.115 e. The number of hydrogen-bond acceptors (Lipinski definition) is 6. The zero-order chi connectivity index (χ0) is 27.9. The highest BCUT2D eigenvalue weighted by Crippen LogP contribution is 2.93. The first-order valence-corrected chi connectivity index (χ1v) is 21.3. The van der Waals surface area contributed by atoms with Crippen molar-refractivity contribution in [3.8, 4) is 0 Å². The van der Waals surface area contributed by atoms with Gasteiger partial charge in [0.05, 0.1) is 0 Å². The maximum Gasteiger partial charge on any atom is 0.115 e. The monoisotopic (exact) mass is 636 g/mol. The van der Waals surface area contributed by atoms with Crippen LogP contribution in [0.3, 0.4) is 0 Å². The molecule has 4 aliphatic rings. The molecule has 4 unspecified atom stereocenters. The Morgan fingerprint density at radius 3 is 0.684 bits per heavy atom. The Kier molecular flexibility index (Phi) is 14.3. The second-order valence-corrected chi connectivity index (χ2v) is 24.7. The molecule has 224 valence electrons. The lowest BCUT2D eigenvalue weighted by Gasteiger charge is -2.71. The lowest BCUT2D eigenvalue weighted by Crippen LogP contribution is -2.60. The van der Waals surface area contributed by atoms with Crippen LogP contribution in [0.2, 0.25) is 0 Å². The van der Waals surface area contributed by atoms with E-state index in [4.69, 9.17) is 0 Å². The molecule has 38 heavy (non-hydrogen) atoms. The molecule has 0 N–H and O–H groups in total. The van der Waals surface area contributed by atoms with E-state index in [9.17, 15) is 0 Å². The molecule has 4 saturated heterocycles. The highest BCUT2D eigenvalue weighted by atomic mass is 32.4. The van der Waals surface area contributed by atoms with Crippen LogP contribution in [0.4, 0.5) is 0 Å². The van der Waals surface area contributed by atoms with Gasteiger partial charge in [-0.25, -0.2) is 0 Å². The molecule has 4 atom stereocenters. The van der Waals surface area contributed by atoms with Gasteiger partial charge in [-0.15, -0.1) is 70.6 Å². The van der Waals surface area contributed by atoms with Gasteiger partial charge in [-0.05, 0) is 49.4 Å². The van der Waals surface area contributed by atoms with Gasteiger partial charge in [-0.3, -0.25) is 0 Å². The molecule has 4 aliphatic heterocycles. The summed E-state index contributed by atoms with van der Waals surface area (Å²) in [6.45, 7) is 20.1. The smallest absolute Gasteiger partial charge is 0.104 e. The maximum absolute atomic E-state index is 2.65. The maximum atomic E-state index is 2.65. The summed E-state index contributed by atoms with van der Waals surface area (Å²) >= 11 is 14.8. The zero-order valence-electron chi connectivity index (χ0n) is 26.1. The van der Waals surface area contributed by atoms with Gasteiger partial charge in [0.25, 0.3) is 0 Å². The number of hydrogen-bond donors (Lipinski definition) is 0. The number of rotatable bonds is 20. The molecule has 4 heterocycles. The molecule has 0 aromatic rings. The first-order valence-electron chi connectivity index (χ1n) is 16.4. The fourth-order valence-electron chi connectivity index (χ4n) is 6.16. The summed E-state index contributed by atoms with van der Waals surface area (Å²) < 4.78 is 1.25. The molecule has 0 aliphatic carbocycles. The Morgan fingerprint density at radius 2 is 0.526 bits per heavy atom. The number of thioether (sulfide) groups is 6. The second-order valence-electron chi connectivity index (χ2n) is 12.6. The summed E-state index contributed by atoms with van der Waals surface area (Å²) in [5.41, 5.74) is 0. The van der Waals surface area contributed by atoms with Gasteiger partial charge in [0.1, 0.15) is 13.6 Å². The quantitative estimate of drug-likeness (QED) is 0.121. The topological polar surface area (TPSA) is 0 Å². The van der Waals surface area contributed by atoms with Gasteiger partial charge in [0, 0.05) is 0 Å². The van der Waals surface area contributed by atoms with Gasteiger partial charge >= 0.3 is 0 Å². The predicted molar refractivity (Wildman–Crippen MR) is 190 cm³/mol. The van der Waals surface area contributed by atoms with Gasteiger partial charge in [0.2, 0.25) is 0 Å². The minimum absolute atomic E-state index is 0.312. The van der Waals surface area contributed by atoms with Crippen molar-refractivity contribution in [2.75, 3.05) is 0 Å². The van der Waals surface area contributed by atoms with Crippen LogP contribution in [0.1, 0.15) is 158 Å². The molecule has 0 radical (unpaired) electrons. The normalized spacial score (nSPS) is 35.4. The Hall–Kier alpha value is 2.10. The third kappa shape index (κ3) is 7.78. The van der Waals surface area contributed by atoms with Crippen LogP contribution < -0.4 is 0 Å². The highest BCUT2D eigenvalue weighted by molar-refractivity contribution is 8.64. The third-order valence-corrected chi connectivity index (χ3v) is 23.3. The summed E-state index contributed by atoms with van der Waals surface area (Å²) in [4.78, 5) is 0. The summed E-state index contributed by atoms with van der Waals surface area (Å²) in [6.07, 6.45) is 22.2. The van der Waals surface area contributed by atoms with E-state index >= 15 is 0 Å². The van der Waals surface area contributed by atoms with Gasteiger partial charge < -0.3 is 0 Å². The minimum atomic E-state index is 0.312. The van der Waals surface area contributed by atoms with Crippen LogP contribution in [0, 0.1) is 23.7 Å². The summed E-state index contributed by atoms with van der Waals surface area (Å²) in [5, 5.41) is 0. The van der Waals surface area contributed by atoms with Crippen molar-refractivity contribution in [3.05, 3.63) is 0 Å². The van der Waals surface area contributed by atoms with Gasteiger partial charge in [0.15, 0.2) is 0 Å². The highest BCUT2D eigenvalue weighted by Gasteiger charge is 2.75. The van der Waals surface area contributed by atoms with Crippen LogP contribution in [0.25, 0.3) is 0 Å². The molecule has 0 saturated carbocycles. The zero-order valence-corrected chi connectivity index (χ0v) is 31.0. The fourth-order valence-corrected chi connectivity index (χ4v) is 27.6. The van der Waals surface area contributed by atoms with Crippen molar-refractivity contribution in [1.29, 1.82) is 0 Å². The molecule has 6 heteroatoms. The lowest BCUT2D eigenvalue weighted by molar-refractivity contribution is 0.464. The van der Waals surface area contributed by atoms with Gasteiger partial charge in [-0.1, -0.05) is 132 Å². The third-order valence-electron chi connectivity index (χ3n) is 9.08. The van der Waals surface area contributed by atoms with Crippen molar-refractivity contribution < 1.29 is 0 Å². The molecular formula is C32H60S6. The second kappa shape index (κ2) is 15.7. The molecule has 0 aromatic carbocycles. The average molecular weight is 637 g/mol. The molecule has 4 rings (SSSR count). The Morgan fingerprint density at radius 1 is 0.342 bits per heavy atom. The van der Waals surface area contributed by atoms with E-state index in [0.29, 0.717) is 13.6 Å². The Balaban J connectivity index is 2.02. The molecule has 4 bridgehead atoms. The predicted octanol–water partition coefficient (Wildman–Crippen LogP) is 13.9. The molecular weight excluding hydrogens is 577 g/mol.